The molecule has 2 aliphatic heterocycles. The Balaban J connectivity index is 1.19. The SMILES string of the molecule is O=C(CN1CCN(C(=O)c2cccs2)CC1)N1CCN(C(=O)C2CC2)CC1. The van der Waals surface area contributed by atoms with Crippen molar-refractivity contribution in [2.75, 3.05) is 58.9 Å². The second-order valence-corrected chi connectivity index (χ2v) is 8.47. The maximum atomic E-state index is 12.6. The summed E-state index contributed by atoms with van der Waals surface area (Å²) in [6, 6.07) is 3.75. The number of amides is 3. The Hall–Kier alpha value is -1.93. The summed E-state index contributed by atoms with van der Waals surface area (Å²) in [6.07, 6.45) is 2.05. The van der Waals surface area contributed by atoms with Crippen LogP contribution in [0.15, 0.2) is 17.5 Å². The van der Waals surface area contributed by atoms with Crippen LogP contribution in [0.2, 0.25) is 0 Å². The van der Waals surface area contributed by atoms with E-state index < -0.39 is 0 Å². The molecule has 1 saturated carbocycles. The van der Waals surface area contributed by atoms with Crippen molar-refractivity contribution >= 4 is 29.1 Å². The van der Waals surface area contributed by atoms with Crippen LogP contribution in [0.25, 0.3) is 0 Å². The van der Waals surface area contributed by atoms with Gasteiger partial charge in [-0.15, -0.1) is 11.3 Å². The molecule has 0 N–H and O–H groups in total. The number of thiophene rings is 1. The van der Waals surface area contributed by atoms with Crippen molar-refractivity contribution in [1.29, 1.82) is 0 Å². The Morgan fingerprint density at radius 1 is 0.889 bits per heavy atom. The third-order valence-corrected chi connectivity index (χ3v) is 6.48. The number of hydrogen-bond donors (Lipinski definition) is 0. The number of piperazine rings is 2. The Kier molecular flexibility index (Phi) is 5.45. The van der Waals surface area contributed by atoms with Crippen LogP contribution in [0, 0.1) is 5.92 Å². The van der Waals surface area contributed by atoms with Crippen LogP contribution in [0.1, 0.15) is 22.5 Å². The van der Waals surface area contributed by atoms with Crippen LogP contribution in [-0.4, -0.2) is 96.2 Å². The van der Waals surface area contributed by atoms with E-state index in [-0.39, 0.29) is 23.6 Å². The molecule has 0 aromatic carbocycles. The van der Waals surface area contributed by atoms with Gasteiger partial charge < -0.3 is 14.7 Å². The molecule has 0 bridgehead atoms. The molecule has 8 heteroatoms. The minimum atomic E-state index is 0.0902. The molecule has 7 nitrogen and oxygen atoms in total. The molecule has 0 spiro atoms. The second-order valence-electron chi connectivity index (χ2n) is 7.53. The first-order chi connectivity index (χ1) is 13.1. The highest BCUT2D eigenvalue weighted by Gasteiger charge is 2.35. The summed E-state index contributed by atoms with van der Waals surface area (Å²) in [7, 11) is 0. The van der Waals surface area contributed by atoms with Gasteiger partial charge in [-0.1, -0.05) is 6.07 Å². The Bertz CT molecular complexity index is 688. The number of carbonyl (C=O) groups excluding carboxylic acids is 3. The molecule has 2 saturated heterocycles. The van der Waals surface area contributed by atoms with Crippen LogP contribution in [0.3, 0.4) is 0 Å². The van der Waals surface area contributed by atoms with E-state index in [4.69, 9.17) is 0 Å². The van der Waals surface area contributed by atoms with Crippen molar-refractivity contribution < 1.29 is 14.4 Å². The predicted molar refractivity (Wildman–Crippen MR) is 103 cm³/mol. The summed E-state index contributed by atoms with van der Waals surface area (Å²) in [5, 5.41) is 1.92. The minimum absolute atomic E-state index is 0.0902. The molecule has 0 unspecified atom stereocenters. The Morgan fingerprint density at radius 2 is 1.52 bits per heavy atom. The fourth-order valence-corrected chi connectivity index (χ4v) is 4.41. The lowest BCUT2D eigenvalue weighted by Crippen LogP contribution is -2.55. The van der Waals surface area contributed by atoms with Crippen molar-refractivity contribution in [1.82, 2.24) is 19.6 Å². The van der Waals surface area contributed by atoms with Gasteiger partial charge in [-0.05, 0) is 24.3 Å². The lowest BCUT2D eigenvalue weighted by Gasteiger charge is -2.38. The van der Waals surface area contributed by atoms with Crippen molar-refractivity contribution in [3.8, 4) is 0 Å². The van der Waals surface area contributed by atoms with Crippen molar-refractivity contribution in [2.45, 2.75) is 12.8 Å². The Morgan fingerprint density at radius 3 is 2.11 bits per heavy atom. The molecule has 146 valence electrons. The lowest BCUT2D eigenvalue weighted by molar-refractivity contribution is -0.141. The van der Waals surface area contributed by atoms with E-state index in [0.29, 0.717) is 45.8 Å². The van der Waals surface area contributed by atoms with Gasteiger partial charge in [-0.3, -0.25) is 19.3 Å². The number of hydrogen-bond acceptors (Lipinski definition) is 5. The quantitative estimate of drug-likeness (QED) is 0.755. The molecule has 1 aromatic rings. The van der Waals surface area contributed by atoms with Gasteiger partial charge >= 0.3 is 0 Å². The first kappa shape index (κ1) is 18.4. The topological polar surface area (TPSA) is 64.2 Å². The van der Waals surface area contributed by atoms with E-state index >= 15 is 0 Å². The van der Waals surface area contributed by atoms with E-state index in [9.17, 15) is 14.4 Å². The molecule has 0 radical (unpaired) electrons. The van der Waals surface area contributed by atoms with Gasteiger partial charge in [0.15, 0.2) is 0 Å². The van der Waals surface area contributed by atoms with Gasteiger partial charge in [-0.25, -0.2) is 0 Å². The average molecular weight is 391 g/mol. The van der Waals surface area contributed by atoms with E-state index in [1.807, 2.05) is 32.2 Å². The summed E-state index contributed by atoms with van der Waals surface area (Å²) >= 11 is 1.47. The standard InChI is InChI=1S/C19H26N4O3S/c24-17(21-9-11-22(12-10-21)18(25)15-3-4-15)14-20-5-7-23(8-6-20)19(26)16-2-1-13-27-16/h1-2,13,15H,3-12,14H2. The van der Waals surface area contributed by atoms with Gasteiger partial charge in [-0.2, -0.15) is 0 Å². The zero-order chi connectivity index (χ0) is 18.8. The summed E-state index contributed by atoms with van der Waals surface area (Å²) in [5.41, 5.74) is 0. The maximum absolute atomic E-state index is 12.6. The number of carbonyl (C=O) groups is 3. The molecule has 1 aliphatic carbocycles. The van der Waals surface area contributed by atoms with Gasteiger partial charge in [0, 0.05) is 58.3 Å². The third kappa shape index (κ3) is 4.32. The predicted octanol–water partition coefficient (Wildman–Crippen LogP) is 0.587. The third-order valence-electron chi connectivity index (χ3n) is 5.62. The van der Waals surface area contributed by atoms with Crippen molar-refractivity contribution in [2.24, 2.45) is 5.92 Å². The molecule has 0 atom stereocenters. The number of nitrogens with zero attached hydrogens (tertiary/aromatic N) is 4. The van der Waals surface area contributed by atoms with Crippen molar-refractivity contribution in [3.63, 3.8) is 0 Å². The Labute approximate surface area is 163 Å². The first-order valence-electron chi connectivity index (χ1n) is 9.73. The fourth-order valence-electron chi connectivity index (χ4n) is 3.72. The zero-order valence-electron chi connectivity index (χ0n) is 15.5. The first-order valence-corrected chi connectivity index (χ1v) is 10.6. The highest BCUT2D eigenvalue weighted by molar-refractivity contribution is 7.12. The van der Waals surface area contributed by atoms with E-state index in [0.717, 1.165) is 30.8 Å². The zero-order valence-corrected chi connectivity index (χ0v) is 16.3. The highest BCUT2D eigenvalue weighted by atomic mass is 32.1. The van der Waals surface area contributed by atoms with Crippen LogP contribution in [0.4, 0.5) is 0 Å². The fraction of sp³-hybridized carbons (Fsp3) is 0.632. The lowest BCUT2D eigenvalue weighted by atomic mass is 10.2. The van der Waals surface area contributed by atoms with Crippen LogP contribution in [0.5, 0.6) is 0 Å². The molecule has 3 fully saturated rings. The molecule has 27 heavy (non-hydrogen) atoms. The molecule has 3 amide bonds. The smallest absolute Gasteiger partial charge is 0.264 e. The molecule has 1 aromatic heterocycles. The average Bonchev–Trinajstić information content (AvgIpc) is 3.41. The summed E-state index contributed by atoms with van der Waals surface area (Å²) in [6.45, 7) is 5.75. The highest BCUT2D eigenvalue weighted by Crippen LogP contribution is 2.31. The van der Waals surface area contributed by atoms with Crippen LogP contribution >= 0.6 is 11.3 Å². The molecule has 4 rings (SSSR count). The van der Waals surface area contributed by atoms with E-state index in [2.05, 4.69) is 4.90 Å². The van der Waals surface area contributed by atoms with Gasteiger partial charge in [0.2, 0.25) is 11.8 Å². The van der Waals surface area contributed by atoms with E-state index in [1.165, 1.54) is 11.3 Å². The van der Waals surface area contributed by atoms with E-state index in [1.54, 1.807) is 0 Å². The number of rotatable bonds is 4. The normalized spacial score (nSPS) is 21.4. The van der Waals surface area contributed by atoms with Gasteiger partial charge in [0.1, 0.15) is 0 Å². The van der Waals surface area contributed by atoms with Gasteiger partial charge in [0.05, 0.1) is 11.4 Å². The summed E-state index contributed by atoms with van der Waals surface area (Å²) in [4.78, 5) is 45.6. The molecule has 3 aliphatic rings. The van der Waals surface area contributed by atoms with Gasteiger partial charge in [0.25, 0.3) is 5.91 Å². The van der Waals surface area contributed by atoms with Crippen LogP contribution in [-0.2, 0) is 9.59 Å². The molecular weight excluding hydrogens is 364 g/mol. The summed E-state index contributed by atoms with van der Waals surface area (Å²) in [5.74, 6) is 0.744. The molecule has 3 heterocycles. The monoisotopic (exact) mass is 390 g/mol. The minimum Gasteiger partial charge on any atom is -0.339 e. The maximum Gasteiger partial charge on any atom is 0.264 e. The second kappa shape index (κ2) is 7.98. The molecular formula is C19H26N4O3S. The van der Waals surface area contributed by atoms with Crippen molar-refractivity contribution in [3.05, 3.63) is 22.4 Å². The van der Waals surface area contributed by atoms with Crippen LogP contribution < -0.4 is 0 Å². The summed E-state index contributed by atoms with van der Waals surface area (Å²) < 4.78 is 0. The largest absolute Gasteiger partial charge is 0.339 e.